The van der Waals surface area contributed by atoms with E-state index in [2.05, 4.69) is 10.3 Å². The molecule has 2 rings (SSSR count). The highest BCUT2D eigenvalue weighted by Crippen LogP contribution is 2.33. The molecule has 1 heterocycles. The highest BCUT2D eigenvalue weighted by Gasteiger charge is 2.31. The lowest BCUT2D eigenvalue weighted by atomic mass is 10.1. The Kier molecular flexibility index (Phi) is 3.49. The normalized spacial score (nSPS) is 17.9. The topological polar surface area (TPSA) is 88.5 Å². The molecule has 1 aliphatic carbocycles. The first-order valence-corrected chi connectivity index (χ1v) is 6.77. The van der Waals surface area contributed by atoms with Gasteiger partial charge in [-0.25, -0.2) is 9.78 Å². The summed E-state index contributed by atoms with van der Waals surface area (Å²) in [6.07, 6.45) is 0.366. The summed E-state index contributed by atoms with van der Waals surface area (Å²) in [7, 11) is 0. The highest BCUT2D eigenvalue weighted by molar-refractivity contribution is 7.15. The molecule has 1 amide bonds. The van der Waals surface area contributed by atoms with E-state index >= 15 is 0 Å². The molecule has 2 N–H and O–H groups in total. The van der Waals surface area contributed by atoms with E-state index in [-0.39, 0.29) is 5.92 Å². The molecule has 1 aliphatic rings. The summed E-state index contributed by atoms with van der Waals surface area (Å²) in [5, 5.41) is 12.0. The van der Waals surface area contributed by atoms with E-state index in [1.165, 1.54) is 11.3 Å². The lowest BCUT2D eigenvalue weighted by Gasteiger charge is -2.18. The summed E-state index contributed by atoms with van der Waals surface area (Å²) in [5.41, 5.74) is 0.210. The number of rotatable bonds is 2. The minimum atomic E-state index is -0.799. The zero-order valence-corrected chi connectivity index (χ0v) is 11.8. The van der Waals surface area contributed by atoms with Gasteiger partial charge in [0, 0.05) is 11.3 Å². The maximum atomic E-state index is 11.6. The summed E-state index contributed by atoms with van der Waals surface area (Å²) in [6, 6.07) is 0. The quantitative estimate of drug-likeness (QED) is 0.869. The number of aromatic nitrogens is 1. The van der Waals surface area contributed by atoms with Crippen molar-refractivity contribution in [3.8, 4) is 0 Å². The smallest absolute Gasteiger partial charge is 0.413 e. The van der Waals surface area contributed by atoms with Crippen LogP contribution >= 0.6 is 11.3 Å². The van der Waals surface area contributed by atoms with E-state index < -0.39 is 17.7 Å². The van der Waals surface area contributed by atoms with E-state index in [0.717, 1.165) is 10.6 Å². The molecule has 7 heteroatoms. The number of amides is 1. The molecule has 1 unspecified atom stereocenters. The molecular weight excluding hydrogens is 268 g/mol. The molecule has 0 aromatic carbocycles. The maximum absolute atomic E-state index is 11.6. The molecule has 0 fully saturated rings. The van der Waals surface area contributed by atoms with Crippen molar-refractivity contribution in [2.24, 2.45) is 5.92 Å². The Balaban J connectivity index is 1.97. The number of thiazole rings is 1. The van der Waals surface area contributed by atoms with E-state index in [9.17, 15) is 9.59 Å². The SMILES string of the molecule is CC(C)(C)OC(=O)Nc1nc2c(s1)CC(C(=O)O)C2. The lowest BCUT2D eigenvalue weighted by Crippen LogP contribution is -2.27. The molecule has 0 radical (unpaired) electrons. The first kappa shape index (κ1) is 13.8. The van der Waals surface area contributed by atoms with E-state index in [0.29, 0.717) is 18.0 Å². The Morgan fingerprint density at radius 1 is 1.42 bits per heavy atom. The van der Waals surface area contributed by atoms with Gasteiger partial charge < -0.3 is 9.84 Å². The van der Waals surface area contributed by atoms with Crippen LogP contribution in [0.3, 0.4) is 0 Å². The monoisotopic (exact) mass is 284 g/mol. The third kappa shape index (κ3) is 3.44. The molecule has 0 aliphatic heterocycles. The predicted octanol–water partition coefficient (Wildman–Crippen LogP) is 2.29. The number of hydrogen-bond acceptors (Lipinski definition) is 5. The van der Waals surface area contributed by atoms with Crippen molar-refractivity contribution in [1.29, 1.82) is 0 Å². The average Bonchev–Trinajstić information content (AvgIpc) is 2.70. The van der Waals surface area contributed by atoms with Crippen molar-refractivity contribution < 1.29 is 19.4 Å². The zero-order valence-electron chi connectivity index (χ0n) is 11.0. The van der Waals surface area contributed by atoms with Crippen LogP contribution in [0, 0.1) is 5.92 Å². The summed E-state index contributed by atoms with van der Waals surface area (Å²) < 4.78 is 5.12. The van der Waals surface area contributed by atoms with E-state index in [1.54, 1.807) is 20.8 Å². The van der Waals surface area contributed by atoms with Gasteiger partial charge in [0.2, 0.25) is 0 Å². The Morgan fingerprint density at radius 3 is 2.63 bits per heavy atom. The van der Waals surface area contributed by atoms with Crippen molar-refractivity contribution in [2.75, 3.05) is 5.32 Å². The van der Waals surface area contributed by atoms with Crippen LogP contribution in [0.2, 0.25) is 0 Å². The molecule has 0 saturated carbocycles. The van der Waals surface area contributed by atoms with E-state index in [1.807, 2.05) is 0 Å². The molecule has 0 bridgehead atoms. The number of fused-ring (bicyclic) bond motifs is 1. The van der Waals surface area contributed by atoms with Crippen molar-refractivity contribution >= 4 is 28.5 Å². The van der Waals surface area contributed by atoms with Crippen molar-refractivity contribution in [3.05, 3.63) is 10.6 Å². The average molecular weight is 284 g/mol. The summed E-state index contributed by atoms with van der Waals surface area (Å²) in [6.45, 7) is 5.35. The minimum Gasteiger partial charge on any atom is -0.481 e. The van der Waals surface area contributed by atoms with Crippen molar-refractivity contribution in [1.82, 2.24) is 4.98 Å². The number of hydrogen-bond donors (Lipinski definition) is 2. The first-order valence-electron chi connectivity index (χ1n) is 5.96. The number of carboxylic acids is 1. The van der Waals surface area contributed by atoms with Crippen LogP contribution in [-0.4, -0.2) is 27.8 Å². The molecule has 19 heavy (non-hydrogen) atoms. The molecule has 6 nitrogen and oxygen atoms in total. The lowest BCUT2D eigenvalue weighted by molar-refractivity contribution is -0.141. The van der Waals surface area contributed by atoms with Gasteiger partial charge in [-0.3, -0.25) is 10.1 Å². The first-order chi connectivity index (χ1) is 8.74. The summed E-state index contributed by atoms with van der Waals surface area (Å²) in [4.78, 5) is 27.6. The Bertz CT molecular complexity index is 495. The van der Waals surface area contributed by atoms with Crippen LogP contribution in [0.5, 0.6) is 0 Å². The molecule has 1 aromatic heterocycles. The van der Waals surface area contributed by atoms with Gasteiger partial charge in [-0.05, 0) is 27.2 Å². The number of carbonyl (C=O) groups excluding carboxylic acids is 1. The second-order valence-corrected chi connectivity index (χ2v) is 6.54. The Labute approximate surface area is 114 Å². The zero-order chi connectivity index (χ0) is 14.2. The number of ether oxygens (including phenoxy) is 1. The largest absolute Gasteiger partial charge is 0.481 e. The molecule has 1 atom stereocenters. The number of carbonyl (C=O) groups is 2. The standard InChI is InChI=1S/C12H16N2O4S/c1-12(2,3)18-11(17)14-10-13-7-4-6(9(15)16)5-8(7)19-10/h6H,4-5H2,1-3H3,(H,15,16)(H,13,14,17). The minimum absolute atomic E-state index is 0.385. The number of carboxylic acid groups (broad SMARTS) is 1. The van der Waals surface area contributed by atoms with Gasteiger partial charge in [0.1, 0.15) is 5.60 Å². The van der Waals surface area contributed by atoms with Gasteiger partial charge >= 0.3 is 12.1 Å². The van der Waals surface area contributed by atoms with Crippen LogP contribution < -0.4 is 5.32 Å². The maximum Gasteiger partial charge on any atom is 0.413 e. The fourth-order valence-electron chi connectivity index (χ4n) is 1.85. The molecule has 0 saturated heterocycles. The van der Waals surface area contributed by atoms with Crippen molar-refractivity contribution in [3.63, 3.8) is 0 Å². The summed E-state index contributed by atoms with van der Waals surface area (Å²) in [5.74, 6) is -1.18. The van der Waals surface area contributed by atoms with E-state index in [4.69, 9.17) is 9.84 Å². The molecular formula is C12H16N2O4S. The Morgan fingerprint density at radius 2 is 2.11 bits per heavy atom. The third-order valence-corrected chi connectivity index (χ3v) is 3.64. The van der Waals surface area contributed by atoms with Gasteiger partial charge in [-0.15, -0.1) is 11.3 Å². The second kappa shape index (κ2) is 4.80. The number of nitrogens with one attached hydrogen (secondary N) is 1. The molecule has 104 valence electrons. The van der Waals surface area contributed by atoms with Crippen molar-refractivity contribution in [2.45, 2.75) is 39.2 Å². The number of aliphatic carboxylic acids is 1. The van der Waals surface area contributed by atoms with Gasteiger partial charge in [0.25, 0.3) is 0 Å². The fraction of sp³-hybridized carbons (Fsp3) is 0.583. The predicted molar refractivity (Wildman–Crippen MR) is 70.5 cm³/mol. The number of anilines is 1. The van der Waals surface area contributed by atoms with Crippen LogP contribution in [-0.2, 0) is 22.4 Å². The fourth-order valence-corrected chi connectivity index (χ4v) is 2.91. The van der Waals surface area contributed by atoms with Gasteiger partial charge in [-0.1, -0.05) is 0 Å². The van der Waals surface area contributed by atoms with Gasteiger partial charge in [0.05, 0.1) is 11.6 Å². The van der Waals surface area contributed by atoms with Crippen LogP contribution in [0.4, 0.5) is 9.93 Å². The molecule has 0 spiro atoms. The van der Waals surface area contributed by atoms with Gasteiger partial charge in [-0.2, -0.15) is 0 Å². The van der Waals surface area contributed by atoms with Gasteiger partial charge in [0.15, 0.2) is 5.13 Å². The third-order valence-electron chi connectivity index (χ3n) is 2.61. The Hall–Kier alpha value is -1.63. The number of nitrogens with zero attached hydrogens (tertiary/aromatic N) is 1. The highest BCUT2D eigenvalue weighted by atomic mass is 32.1. The van der Waals surface area contributed by atoms with Crippen LogP contribution in [0.25, 0.3) is 0 Å². The van der Waals surface area contributed by atoms with Crippen LogP contribution in [0.15, 0.2) is 0 Å². The van der Waals surface area contributed by atoms with Crippen LogP contribution in [0.1, 0.15) is 31.3 Å². The molecule has 1 aromatic rings. The second-order valence-electron chi connectivity index (χ2n) is 5.46. The summed E-state index contributed by atoms with van der Waals surface area (Å²) >= 11 is 1.31.